The standard InChI is InChI=1S/C18H29N3O4S/c1-5-21(6-2)26(23,24)17-13-14(7-8-16(17)25-4)18(22)19-15-9-11-20(3)12-10-15/h7-8,13,15H,5-6,9-12H2,1-4H3,(H,19,22). The van der Waals surface area contributed by atoms with Crippen LogP contribution in [0.15, 0.2) is 23.1 Å². The Hall–Kier alpha value is -1.64. The molecule has 1 saturated heterocycles. The van der Waals surface area contributed by atoms with Crippen molar-refractivity contribution >= 4 is 15.9 Å². The van der Waals surface area contributed by atoms with Crippen LogP contribution in [-0.4, -0.2) is 69.9 Å². The Morgan fingerprint density at radius 2 is 1.88 bits per heavy atom. The SMILES string of the molecule is CCN(CC)S(=O)(=O)c1cc(C(=O)NC2CCN(C)CC2)ccc1OC. The second-order valence-electron chi connectivity index (χ2n) is 6.51. The quantitative estimate of drug-likeness (QED) is 0.773. The fraction of sp³-hybridized carbons (Fsp3) is 0.611. The average Bonchev–Trinajstić information content (AvgIpc) is 2.63. The molecule has 0 spiro atoms. The first kappa shape index (κ1) is 20.7. The summed E-state index contributed by atoms with van der Waals surface area (Å²) < 4.78 is 32.3. The fourth-order valence-corrected chi connectivity index (χ4v) is 4.78. The molecule has 0 bridgehead atoms. The van der Waals surface area contributed by atoms with Gasteiger partial charge in [-0.25, -0.2) is 8.42 Å². The Morgan fingerprint density at radius 1 is 1.27 bits per heavy atom. The van der Waals surface area contributed by atoms with Gasteiger partial charge in [0.2, 0.25) is 10.0 Å². The number of methoxy groups -OCH3 is 1. The smallest absolute Gasteiger partial charge is 0.251 e. The largest absolute Gasteiger partial charge is 0.495 e. The molecule has 1 heterocycles. The van der Waals surface area contributed by atoms with Crippen molar-refractivity contribution in [2.75, 3.05) is 40.3 Å². The summed E-state index contributed by atoms with van der Waals surface area (Å²) in [5.74, 6) is -0.00838. The fourth-order valence-electron chi connectivity index (χ4n) is 3.14. The Bertz CT molecular complexity index is 724. The number of likely N-dealkylation sites (tertiary alicyclic amines) is 1. The van der Waals surface area contributed by atoms with Crippen LogP contribution in [0.1, 0.15) is 37.0 Å². The van der Waals surface area contributed by atoms with E-state index in [0.29, 0.717) is 18.7 Å². The summed E-state index contributed by atoms with van der Waals surface area (Å²) in [5.41, 5.74) is 0.329. The summed E-state index contributed by atoms with van der Waals surface area (Å²) in [7, 11) is -0.232. The molecule has 0 radical (unpaired) electrons. The maximum Gasteiger partial charge on any atom is 0.251 e. The zero-order valence-electron chi connectivity index (χ0n) is 16.0. The third-order valence-electron chi connectivity index (χ3n) is 4.80. The molecule has 0 unspecified atom stereocenters. The molecule has 26 heavy (non-hydrogen) atoms. The van der Waals surface area contributed by atoms with E-state index in [2.05, 4.69) is 17.3 Å². The average molecular weight is 384 g/mol. The van der Waals surface area contributed by atoms with Gasteiger partial charge in [-0.2, -0.15) is 4.31 Å². The van der Waals surface area contributed by atoms with E-state index in [0.717, 1.165) is 25.9 Å². The lowest BCUT2D eigenvalue weighted by molar-refractivity contribution is 0.0916. The van der Waals surface area contributed by atoms with Crippen molar-refractivity contribution in [2.24, 2.45) is 0 Å². The topological polar surface area (TPSA) is 79.0 Å². The van der Waals surface area contributed by atoms with Gasteiger partial charge >= 0.3 is 0 Å². The molecule has 0 saturated carbocycles. The van der Waals surface area contributed by atoms with E-state index in [1.54, 1.807) is 26.0 Å². The minimum atomic E-state index is -3.72. The number of carbonyl (C=O) groups is 1. The van der Waals surface area contributed by atoms with Gasteiger partial charge in [0, 0.05) is 24.7 Å². The third kappa shape index (κ3) is 4.55. The van der Waals surface area contributed by atoms with Crippen LogP contribution in [0.4, 0.5) is 0 Å². The number of amides is 1. The first-order valence-corrected chi connectivity index (χ1v) is 10.4. The molecule has 146 valence electrons. The number of hydrogen-bond donors (Lipinski definition) is 1. The lowest BCUT2D eigenvalue weighted by atomic mass is 10.0. The molecule has 0 aliphatic carbocycles. The third-order valence-corrected chi connectivity index (χ3v) is 6.87. The van der Waals surface area contributed by atoms with E-state index >= 15 is 0 Å². The molecule has 1 N–H and O–H groups in total. The molecule has 1 aromatic carbocycles. The number of piperidine rings is 1. The van der Waals surface area contributed by atoms with Crippen molar-refractivity contribution in [3.8, 4) is 5.75 Å². The number of carbonyl (C=O) groups excluding carboxylic acids is 1. The monoisotopic (exact) mass is 383 g/mol. The zero-order chi connectivity index (χ0) is 19.3. The van der Waals surface area contributed by atoms with Crippen LogP contribution in [0.5, 0.6) is 5.75 Å². The van der Waals surface area contributed by atoms with Gasteiger partial charge in [0.1, 0.15) is 10.6 Å². The minimum absolute atomic E-state index is 0.0275. The van der Waals surface area contributed by atoms with Gasteiger partial charge in [-0.1, -0.05) is 13.8 Å². The van der Waals surface area contributed by atoms with Gasteiger partial charge in [-0.3, -0.25) is 4.79 Å². The number of hydrogen-bond acceptors (Lipinski definition) is 5. The highest BCUT2D eigenvalue weighted by Crippen LogP contribution is 2.28. The first-order valence-electron chi connectivity index (χ1n) is 9.01. The van der Waals surface area contributed by atoms with Crippen molar-refractivity contribution in [2.45, 2.75) is 37.6 Å². The molecule has 0 atom stereocenters. The highest BCUT2D eigenvalue weighted by Gasteiger charge is 2.27. The summed E-state index contributed by atoms with van der Waals surface area (Å²) in [6.07, 6.45) is 1.78. The molecule has 1 aliphatic rings. The molecule has 8 heteroatoms. The van der Waals surface area contributed by atoms with E-state index in [4.69, 9.17) is 4.74 Å². The summed E-state index contributed by atoms with van der Waals surface area (Å²) in [4.78, 5) is 14.9. The highest BCUT2D eigenvalue weighted by molar-refractivity contribution is 7.89. The molecule has 1 fully saturated rings. The minimum Gasteiger partial charge on any atom is -0.495 e. The van der Waals surface area contributed by atoms with Gasteiger partial charge < -0.3 is 15.0 Å². The van der Waals surface area contributed by atoms with Crippen molar-refractivity contribution < 1.29 is 17.9 Å². The van der Waals surface area contributed by atoms with Gasteiger partial charge in [-0.15, -0.1) is 0 Å². The van der Waals surface area contributed by atoms with E-state index in [1.165, 1.54) is 17.5 Å². The van der Waals surface area contributed by atoms with Crippen molar-refractivity contribution in [1.29, 1.82) is 0 Å². The van der Waals surface area contributed by atoms with Crippen LogP contribution < -0.4 is 10.1 Å². The number of ether oxygens (including phenoxy) is 1. The zero-order valence-corrected chi connectivity index (χ0v) is 16.8. The maximum atomic E-state index is 12.9. The van der Waals surface area contributed by atoms with Crippen molar-refractivity contribution in [1.82, 2.24) is 14.5 Å². The first-order chi connectivity index (χ1) is 12.3. The number of benzene rings is 1. The van der Waals surface area contributed by atoms with Gasteiger partial charge in [0.15, 0.2) is 0 Å². The summed E-state index contributed by atoms with van der Waals surface area (Å²) >= 11 is 0. The summed E-state index contributed by atoms with van der Waals surface area (Å²) in [5, 5.41) is 3.01. The van der Waals surface area contributed by atoms with Crippen LogP contribution in [0, 0.1) is 0 Å². The predicted molar refractivity (Wildman–Crippen MR) is 101 cm³/mol. The van der Waals surface area contributed by atoms with Gasteiger partial charge in [0.05, 0.1) is 7.11 Å². The van der Waals surface area contributed by atoms with Crippen LogP contribution in [-0.2, 0) is 10.0 Å². The maximum absolute atomic E-state index is 12.9. The lowest BCUT2D eigenvalue weighted by Gasteiger charge is -2.29. The second-order valence-corrected chi connectivity index (χ2v) is 8.41. The molecular weight excluding hydrogens is 354 g/mol. The van der Waals surface area contributed by atoms with Crippen molar-refractivity contribution in [3.63, 3.8) is 0 Å². The molecule has 7 nitrogen and oxygen atoms in total. The highest BCUT2D eigenvalue weighted by atomic mass is 32.2. The van der Waals surface area contributed by atoms with Gasteiger partial charge in [0.25, 0.3) is 5.91 Å². The second kappa shape index (κ2) is 8.83. The van der Waals surface area contributed by atoms with Crippen molar-refractivity contribution in [3.05, 3.63) is 23.8 Å². The predicted octanol–water partition coefficient (Wildman–Crippen LogP) is 1.55. The normalized spacial score (nSPS) is 16.7. The molecule has 1 aliphatic heterocycles. The summed E-state index contributed by atoms with van der Waals surface area (Å²) in [6.45, 7) is 6.15. The number of nitrogens with one attached hydrogen (secondary N) is 1. The van der Waals surface area contributed by atoms with E-state index in [1.807, 2.05) is 0 Å². The molecule has 2 rings (SSSR count). The van der Waals surface area contributed by atoms with Crippen LogP contribution in [0.25, 0.3) is 0 Å². The number of rotatable bonds is 7. The molecule has 0 aromatic heterocycles. The van der Waals surface area contributed by atoms with Crippen LogP contribution in [0.3, 0.4) is 0 Å². The Kier molecular flexibility index (Phi) is 7.02. The molecule has 1 amide bonds. The Balaban J connectivity index is 2.27. The number of sulfonamides is 1. The Morgan fingerprint density at radius 3 is 2.42 bits per heavy atom. The van der Waals surface area contributed by atoms with Crippen LogP contribution in [0.2, 0.25) is 0 Å². The summed E-state index contributed by atoms with van der Waals surface area (Å²) in [6, 6.07) is 4.67. The Labute approximate surface area is 156 Å². The van der Waals surface area contributed by atoms with E-state index < -0.39 is 10.0 Å². The van der Waals surface area contributed by atoms with Gasteiger partial charge in [-0.05, 0) is 51.2 Å². The number of nitrogens with zero attached hydrogens (tertiary/aromatic N) is 2. The van der Waals surface area contributed by atoms with Crippen LogP contribution >= 0.6 is 0 Å². The molecular formula is C18H29N3O4S. The lowest BCUT2D eigenvalue weighted by Crippen LogP contribution is -2.43. The van der Waals surface area contributed by atoms with E-state index in [-0.39, 0.29) is 22.6 Å². The van der Waals surface area contributed by atoms with E-state index in [9.17, 15) is 13.2 Å². The molecule has 1 aromatic rings.